The van der Waals surface area contributed by atoms with Crippen molar-refractivity contribution in [2.75, 3.05) is 31.1 Å². The Kier molecular flexibility index (Phi) is 6.82. The zero-order valence-electron chi connectivity index (χ0n) is 19.5. The zero-order valence-corrected chi connectivity index (χ0v) is 20.4. The Morgan fingerprint density at radius 3 is 2.62 bits per heavy atom. The zero-order chi connectivity index (χ0) is 23.7. The standard InChI is InChI=1S/C27H31FN2O3S/c1-2-24(27(32)29-12-14-34-15-13-29)33-22-9-8-18-10-11-30(26(31)19-6-7-19)25(23(18)17-22)20-4-3-5-21(28)16-20/h3-5,8-9,16-17,19,24-25H,2,6-7,10-15H2,1H3/t24-,25-/m1/s1. The highest BCUT2D eigenvalue weighted by molar-refractivity contribution is 7.99. The third kappa shape index (κ3) is 4.81. The van der Waals surface area contributed by atoms with Crippen LogP contribution in [-0.4, -0.2) is 58.9 Å². The fraction of sp³-hybridized carbons (Fsp3) is 0.481. The van der Waals surface area contributed by atoms with Crippen LogP contribution in [0.2, 0.25) is 0 Å². The van der Waals surface area contributed by atoms with Gasteiger partial charge >= 0.3 is 0 Å². The topological polar surface area (TPSA) is 49.9 Å². The highest BCUT2D eigenvalue weighted by Crippen LogP contribution is 2.41. The van der Waals surface area contributed by atoms with Gasteiger partial charge in [0.25, 0.3) is 5.91 Å². The van der Waals surface area contributed by atoms with Crippen LogP contribution >= 0.6 is 11.8 Å². The molecule has 0 aromatic heterocycles. The molecule has 2 heterocycles. The Labute approximate surface area is 204 Å². The van der Waals surface area contributed by atoms with Gasteiger partial charge in [0.05, 0.1) is 6.04 Å². The average molecular weight is 483 g/mol. The van der Waals surface area contributed by atoms with Gasteiger partial charge in [-0.1, -0.05) is 25.1 Å². The monoisotopic (exact) mass is 482 g/mol. The molecule has 0 radical (unpaired) electrons. The second-order valence-corrected chi connectivity index (χ2v) is 10.6. The van der Waals surface area contributed by atoms with Gasteiger partial charge in [-0.25, -0.2) is 4.39 Å². The molecule has 180 valence electrons. The molecule has 2 atom stereocenters. The van der Waals surface area contributed by atoms with Crippen LogP contribution in [0, 0.1) is 11.7 Å². The lowest BCUT2D eigenvalue weighted by Gasteiger charge is -2.38. The quantitative estimate of drug-likeness (QED) is 0.611. The first-order valence-corrected chi connectivity index (χ1v) is 13.4. The second kappa shape index (κ2) is 9.98. The molecule has 1 aliphatic carbocycles. The van der Waals surface area contributed by atoms with E-state index in [0.29, 0.717) is 18.7 Å². The summed E-state index contributed by atoms with van der Waals surface area (Å²) in [5.41, 5.74) is 2.86. The van der Waals surface area contributed by atoms with E-state index in [1.54, 1.807) is 6.07 Å². The Hall–Kier alpha value is -2.54. The largest absolute Gasteiger partial charge is 0.481 e. The van der Waals surface area contributed by atoms with E-state index in [2.05, 4.69) is 0 Å². The minimum atomic E-state index is -0.540. The van der Waals surface area contributed by atoms with Crippen molar-refractivity contribution in [3.05, 3.63) is 65.0 Å². The first-order chi connectivity index (χ1) is 16.5. The normalized spacial score (nSPS) is 21.1. The number of hydrogen-bond donors (Lipinski definition) is 0. The van der Waals surface area contributed by atoms with E-state index in [0.717, 1.165) is 60.5 Å². The number of fused-ring (bicyclic) bond motifs is 1. The molecule has 2 aromatic rings. The van der Waals surface area contributed by atoms with Gasteiger partial charge in [0.1, 0.15) is 11.6 Å². The summed E-state index contributed by atoms with van der Waals surface area (Å²) in [6.07, 6.45) is 2.65. The third-order valence-corrected chi connectivity index (χ3v) is 7.91. The summed E-state index contributed by atoms with van der Waals surface area (Å²) >= 11 is 1.87. The number of carbonyl (C=O) groups excluding carboxylic acids is 2. The van der Waals surface area contributed by atoms with E-state index >= 15 is 0 Å². The lowest BCUT2D eigenvalue weighted by molar-refractivity contribution is -0.138. The van der Waals surface area contributed by atoms with Crippen molar-refractivity contribution in [1.82, 2.24) is 9.80 Å². The van der Waals surface area contributed by atoms with Crippen molar-refractivity contribution >= 4 is 23.6 Å². The molecule has 0 bridgehead atoms. The van der Waals surface area contributed by atoms with Gasteiger partial charge in [0.2, 0.25) is 5.91 Å². The van der Waals surface area contributed by atoms with E-state index < -0.39 is 6.10 Å². The predicted octanol–water partition coefficient (Wildman–Crippen LogP) is 4.44. The molecule has 0 spiro atoms. The molecule has 2 fully saturated rings. The molecular formula is C27H31FN2O3S. The van der Waals surface area contributed by atoms with Crippen LogP contribution in [0.5, 0.6) is 5.75 Å². The van der Waals surface area contributed by atoms with Crippen molar-refractivity contribution in [3.8, 4) is 5.75 Å². The fourth-order valence-corrected chi connectivity index (χ4v) is 5.87. The molecule has 1 saturated heterocycles. The van der Waals surface area contributed by atoms with E-state index in [1.807, 2.05) is 52.8 Å². The molecule has 2 amide bonds. The summed E-state index contributed by atoms with van der Waals surface area (Å²) in [6, 6.07) is 12.1. The van der Waals surface area contributed by atoms with Crippen molar-refractivity contribution in [3.63, 3.8) is 0 Å². The van der Waals surface area contributed by atoms with Crippen molar-refractivity contribution < 1.29 is 18.7 Å². The predicted molar refractivity (Wildman–Crippen MR) is 131 cm³/mol. The maximum atomic E-state index is 14.2. The van der Waals surface area contributed by atoms with Crippen LogP contribution in [0.1, 0.15) is 48.9 Å². The number of ether oxygens (including phenoxy) is 1. The molecule has 5 rings (SSSR count). The number of benzene rings is 2. The SMILES string of the molecule is CC[C@@H](Oc1ccc2c(c1)[C@@H](c1cccc(F)c1)N(C(=O)C1CC1)CC2)C(=O)N1CCSCC1. The second-order valence-electron chi connectivity index (χ2n) is 9.33. The van der Waals surface area contributed by atoms with E-state index in [-0.39, 0.29) is 29.6 Å². The molecular weight excluding hydrogens is 451 g/mol. The first kappa shape index (κ1) is 23.2. The molecule has 0 N–H and O–H groups in total. The van der Waals surface area contributed by atoms with Crippen LogP contribution in [0.3, 0.4) is 0 Å². The molecule has 1 saturated carbocycles. The number of rotatable bonds is 6. The maximum absolute atomic E-state index is 14.2. The highest BCUT2D eigenvalue weighted by atomic mass is 32.2. The van der Waals surface area contributed by atoms with Gasteiger partial charge in [-0.15, -0.1) is 0 Å². The smallest absolute Gasteiger partial charge is 0.263 e. The number of amides is 2. The van der Waals surface area contributed by atoms with Gasteiger partial charge in [-0.05, 0) is 66.6 Å². The Morgan fingerprint density at radius 1 is 1.12 bits per heavy atom. The minimum absolute atomic E-state index is 0.0349. The molecule has 2 aromatic carbocycles. The van der Waals surface area contributed by atoms with Gasteiger partial charge in [-0.3, -0.25) is 9.59 Å². The van der Waals surface area contributed by atoms with Gasteiger partial charge in [0.15, 0.2) is 6.10 Å². The Morgan fingerprint density at radius 2 is 1.91 bits per heavy atom. The van der Waals surface area contributed by atoms with E-state index in [1.165, 1.54) is 12.1 Å². The summed E-state index contributed by atoms with van der Waals surface area (Å²) in [7, 11) is 0. The lowest BCUT2D eigenvalue weighted by atomic mass is 9.87. The first-order valence-electron chi connectivity index (χ1n) is 12.3. The summed E-state index contributed by atoms with van der Waals surface area (Å²) in [4.78, 5) is 30.0. The summed E-state index contributed by atoms with van der Waals surface area (Å²) in [5.74, 6) is 2.49. The summed E-state index contributed by atoms with van der Waals surface area (Å²) in [5, 5.41) is 0. The fourth-order valence-electron chi connectivity index (χ4n) is 4.96. The van der Waals surface area contributed by atoms with E-state index in [9.17, 15) is 14.0 Å². The minimum Gasteiger partial charge on any atom is -0.481 e. The van der Waals surface area contributed by atoms with Crippen LogP contribution in [0.25, 0.3) is 0 Å². The van der Waals surface area contributed by atoms with Crippen LogP contribution in [0.4, 0.5) is 4.39 Å². The molecule has 7 heteroatoms. The van der Waals surface area contributed by atoms with Gasteiger partial charge in [-0.2, -0.15) is 11.8 Å². The summed E-state index contributed by atoms with van der Waals surface area (Å²) in [6.45, 7) is 4.10. The number of carbonyl (C=O) groups is 2. The average Bonchev–Trinajstić information content (AvgIpc) is 3.72. The van der Waals surface area contributed by atoms with Crippen molar-refractivity contribution in [2.45, 2.75) is 44.8 Å². The molecule has 34 heavy (non-hydrogen) atoms. The van der Waals surface area contributed by atoms with Crippen LogP contribution in [-0.2, 0) is 16.0 Å². The highest BCUT2D eigenvalue weighted by Gasteiger charge is 2.40. The van der Waals surface area contributed by atoms with Gasteiger partial charge < -0.3 is 14.5 Å². The van der Waals surface area contributed by atoms with Crippen LogP contribution < -0.4 is 4.74 Å². The number of halogens is 1. The summed E-state index contributed by atoms with van der Waals surface area (Å²) < 4.78 is 20.4. The number of thioether (sulfide) groups is 1. The maximum Gasteiger partial charge on any atom is 0.263 e. The Bertz CT molecular complexity index is 1070. The molecule has 2 aliphatic heterocycles. The third-order valence-electron chi connectivity index (χ3n) is 6.97. The van der Waals surface area contributed by atoms with Crippen LogP contribution in [0.15, 0.2) is 42.5 Å². The van der Waals surface area contributed by atoms with Crippen molar-refractivity contribution in [1.29, 1.82) is 0 Å². The molecule has 3 aliphatic rings. The number of nitrogens with zero attached hydrogens (tertiary/aromatic N) is 2. The molecule has 5 nitrogen and oxygen atoms in total. The van der Waals surface area contributed by atoms with Crippen molar-refractivity contribution in [2.24, 2.45) is 5.92 Å². The molecule has 0 unspecified atom stereocenters. The lowest BCUT2D eigenvalue weighted by Crippen LogP contribution is -2.45. The van der Waals surface area contributed by atoms with E-state index in [4.69, 9.17) is 4.74 Å². The number of hydrogen-bond acceptors (Lipinski definition) is 4. The van der Waals surface area contributed by atoms with Gasteiger partial charge in [0, 0.05) is 37.1 Å². The Balaban J connectivity index is 1.45.